The highest BCUT2D eigenvalue weighted by molar-refractivity contribution is 5.82. The van der Waals surface area contributed by atoms with Crippen molar-refractivity contribution in [3.63, 3.8) is 0 Å². The van der Waals surface area contributed by atoms with Crippen molar-refractivity contribution in [3.8, 4) is 0 Å². The van der Waals surface area contributed by atoms with E-state index in [1.807, 2.05) is 0 Å². The molecule has 0 radical (unpaired) electrons. The van der Waals surface area contributed by atoms with Crippen LogP contribution in [0.1, 0.15) is 30.5 Å². The molecule has 1 fully saturated rings. The monoisotopic (exact) mass is 339 g/mol. The van der Waals surface area contributed by atoms with Crippen LogP contribution in [0.25, 0.3) is 11.2 Å². The number of fused-ring (bicyclic) bond motifs is 2. The zero-order chi connectivity index (χ0) is 16.8. The Morgan fingerprint density at radius 2 is 2.04 bits per heavy atom. The minimum absolute atomic E-state index is 0.395. The lowest BCUT2D eigenvalue weighted by molar-refractivity contribution is 0.297. The summed E-state index contributed by atoms with van der Waals surface area (Å²) in [5, 5.41) is 9.01. The molecule has 3 aromatic heterocycles. The fourth-order valence-electron chi connectivity index (χ4n) is 4.03. The van der Waals surface area contributed by atoms with E-state index in [1.54, 1.807) is 12.7 Å². The van der Waals surface area contributed by atoms with E-state index in [0.29, 0.717) is 11.7 Å². The largest absolute Gasteiger partial charge is 0.352 e. The van der Waals surface area contributed by atoms with Crippen LogP contribution in [0.5, 0.6) is 0 Å². The third-order valence-electron chi connectivity index (χ3n) is 5.38. The van der Waals surface area contributed by atoms with Gasteiger partial charge in [-0.2, -0.15) is 0 Å². The highest BCUT2D eigenvalue weighted by Gasteiger charge is 2.30. The predicted molar refractivity (Wildman–Crippen MR) is 92.2 cm³/mol. The summed E-state index contributed by atoms with van der Waals surface area (Å²) in [7, 11) is 2.18. The Hall–Kier alpha value is -2.55. The molecule has 0 saturated carbocycles. The van der Waals surface area contributed by atoms with Crippen molar-refractivity contribution >= 4 is 17.0 Å². The first-order valence-electron chi connectivity index (χ1n) is 8.82. The minimum atomic E-state index is 0.395. The number of H-pyrrole nitrogens is 1. The van der Waals surface area contributed by atoms with Gasteiger partial charge in [-0.15, -0.1) is 10.2 Å². The van der Waals surface area contributed by atoms with Crippen LogP contribution >= 0.6 is 0 Å². The Balaban J connectivity index is 1.44. The summed E-state index contributed by atoms with van der Waals surface area (Å²) in [6.45, 7) is 3.75. The SMILES string of the molecule is CN1CCCC1c1nnc2n1CCN(c1ncnc3nc[nH]c13)CC2. The van der Waals surface area contributed by atoms with Gasteiger partial charge in [0.2, 0.25) is 0 Å². The van der Waals surface area contributed by atoms with Gasteiger partial charge >= 0.3 is 0 Å². The zero-order valence-corrected chi connectivity index (χ0v) is 14.3. The second kappa shape index (κ2) is 5.76. The quantitative estimate of drug-likeness (QED) is 0.737. The van der Waals surface area contributed by atoms with E-state index >= 15 is 0 Å². The number of hydrogen-bond donors (Lipinski definition) is 1. The van der Waals surface area contributed by atoms with Gasteiger partial charge in [-0.25, -0.2) is 15.0 Å². The number of imidazole rings is 1. The zero-order valence-electron chi connectivity index (χ0n) is 14.3. The van der Waals surface area contributed by atoms with Crippen LogP contribution in [-0.4, -0.2) is 66.3 Å². The molecule has 0 amide bonds. The second-order valence-corrected chi connectivity index (χ2v) is 6.80. The van der Waals surface area contributed by atoms with Gasteiger partial charge < -0.3 is 14.5 Å². The van der Waals surface area contributed by atoms with Crippen molar-refractivity contribution in [1.29, 1.82) is 0 Å². The van der Waals surface area contributed by atoms with Crippen molar-refractivity contribution in [3.05, 3.63) is 24.3 Å². The first kappa shape index (κ1) is 14.8. The van der Waals surface area contributed by atoms with Gasteiger partial charge in [0.05, 0.1) is 12.4 Å². The summed E-state index contributed by atoms with van der Waals surface area (Å²) in [5.41, 5.74) is 1.61. The normalized spacial score (nSPS) is 21.6. The molecule has 9 nitrogen and oxygen atoms in total. The number of aromatic amines is 1. The lowest BCUT2D eigenvalue weighted by Crippen LogP contribution is -2.28. The molecular formula is C16H21N9. The molecule has 9 heteroatoms. The van der Waals surface area contributed by atoms with Gasteiger partial charge in [0.25, 0.3) is 0 Å². The number of nitrogens with one attached hydrogen (secondary N) is 1. The molecule has 130 valence electrons. The van der Waals surface area contributed by atoms with E-state index in [0.717, 1.165) is 55.6 Å². The summed E-state index contributed by atoms with van der Waals surface area (Å²) in [6, 6.07) is 0.395. The third kappa shape index (κ3) is 2.38. The van der Waals surface area contributed by atoms with E-state index in [9.17, 15) is 0 Å². The van der Waals surface area contributed by atoms with Crippen molar-refractivity contribution in [2.24, 2.45) is 0 Å². The Morgan fingerprint density at radius 3 is 2.92 bits per heavy atom. The van der Waals surface area contributed by atoms with Gasteiger partial charge in [-0.1, -0.05) is 0 Å². The van der Waals surface area contributed by atoms with Crippen molar-refractivity contribution < 1.29 is 0 Å². The maximum absolute atomic E-state index is 4.52. The van der Waals surface area contributed by atoms with Gasteiger partial charge in [0.15, 0.2) is 11.5 Å². The molecule has 0 spiro atoms. The van der Waals surface area contributed by atoms with Crippen molar-refractivity contribution in [2.75, 3.05) is 31.6 Å². The van der Waals surface area contributed by atoms with Crippen LogP contribution in [0.4, 0.5) is 5.82 Å². The topological polar surface area (TPSA) is 91.7 Å². The molecule has 0 aromatic carbocycles. The fraction of sp³-hybridized carbons (Fsp3) is 0.562. The molecule has 1 unspecified atom stereocenters. The average molecular weight is 339 g/mol. The van der Waals surface area contributed by atoms with E-state index in [-0.39, 0.29) is 0 Å². The highest BCUT2D eigenvalue weighted by atomic mass is 15.3. The van der Waals surface area contributed by atoms with E-state index in [2.05, 4.69) is 51.5 Å². The van der Waals surface area contributed by atoms with Crippen LogP contribution in [0.3, 0.4) is 0 Å². The summed E-state index contributed by atoms with van der Waals surface area (Å²) in [5.74, 6) is 3.11. The van der Waals surface area contributed by atoms with Crippen LogP contribution < -0.4 is 4.90 Å². The Morgan fingerprint density at radius 1 is 1.08 bits per heavy atom. The fourth-order valence-corrected chi connectivity index (χ4v) is 4.03. The van der Waals surface area contributed by atoms with Crippen LogP contribution in [0.2, 0.25) is 0 Å². The van der Waals surface area contributed by atoms with Crippen LogP contribution in [0, 0.1) is 0 Å². The first-order chi connectivity index (χ1) is 12.3. The average Bonchev–Trinajstić information content (AvgIpc) is 3.32. The molecule has 5 heterocycles. The number of hydrogen-bond acceptors (Lipinski definition) is 7. The predicted octanol–water partition coefficient (Wildman–Crippen LogP) is 0.774. The molecule has 1 atom stereocenters. The summed E-state index contributed by atoms with van der Waals surface area (Å²) < 4.78 is 2.32. The maximum Gasteiger partial charge on any atom is 0.182 e. The van der Waals surface area contributed by atoms with E-state index in [4.69, 9.17) is 0 Å². The second-order valence-electron chi connectivity index (χ2n) is 6.80. The van der Waals surface area contributed by atoms with Gasteiger partial charge in [0.1, 0.15) is 23.5 Å². The summed E-state index contributed by atoms with van der Waals surface area (Å²) >= 11 is 0. The number of nitrogens with zero attached hydrogens (tertiary/aromatic N) is 8. The third-order valence-corrected chi connectivity index (χ3v) is 5.38. The minimum Gasteiger partial charge on any atom is -0.352 e. The molecule has 5 rings (SSSR count). The summed E-state index contributed by atoms with van der Waals surface area (Å²) in [6.07, 6.45) is 6.52. The van der Waals surface area contributed by atoms with Gasteiger partial charge in [-0.05, 0) is 26.4 Å². The lowest BCUT2D eigenvalue weighted by Gasteiger charge is -2.22. The standard InChI is InChI=1S/C16H21N9/c1-23-5-2-3-11(23)15-22-21-12-4-6-24(7-8-25(12)15)16-13-14(18-9-17-13)19-10-20-16/h9-11H,2-8H2,1H3,(H,17,18,19,20). The van der Waals surface area contributed by atoms with Crippen molar-refractivity contribution in [1.82, 2.24) is 39.6 Å². The number of likely N-dealkylation sites (tertiary alicyclic amines) is 1. The molecule has 2 aliphatic rings. The number of anilines is 1. The molecule has 0 aliphatic carbocycles. The highest BCUT2D eigenvalue weighted by Crippen LogP contribution is 2.30. The summed E-state index contributed by atoms with van der Waals surface area (Å²) in [4.78, 5) is 20.8. The molecule has 0 bridgehead atoms. The first-order valence-corrected chi connectivity index (χ1v) is 8.82. The molecule has 2 aliphatic heterocycles. The van der Waals surface area contributed by atoms with Crippen LogP contribution in [0.15, 0.2) is 12.7 Å². The number of rotatable bonds is 2. The van der Waals surface area contributed by atoms with E-state index < -0.39 is 0 Å². The van der Waals surface area contributed by atoms with Crippen LogP contribution in [-0.2, 0) is 13.0 Å². The smallest absolute Gasteiger partial charge is 0.182 e. The Labute approximate surface area is 145 Å². The Bertz CT molecular complexity index is 898. The van der Waals surface area contributed by atoms with Gasteiger partial charge in [0, 0.05) is 26.1 Å². The molecule has 3 aromatic rings. The lowest BCUT2D eigenvalue weighted by atomic mass is 10.2. The molecule has 1 N–H and O–H groups in total. The molecular weight excluding hydrogens is 318 g/mol. The Kier molecular flexibility index (Phi) is 3.40. The van der Waals surface area contributed by atoms with Crippen molar-refractivity contribution in [2.45, 2.75) is 31.8 Å². The maximum atomic E-state index is 4.52. The number of aromatic nitrogens is 7. The molecule has 1 saturated heterocycles. The van der Waals surface area contributed by atoms with E-state index in [1.165, 1.54) is 12.8 Å². The van der Waals surface area contributed by atoms with Gasteiger partial charge in [-0.3, -0.25) is 4.90 Å². The molecule has 25 heavy (non-hydrogen) atoms.